The minimum atomic E-state index is 0.0454. The van der Waals surface area contributed by atoms with E-state index in [1.165, 1.54) is 5.56 Å². The molecule has 0 aliphatic carbocycles. The molecule has 0 unspecified atom stereocenters. The topological polar surface area (TPSA) is 58.6 Å². The monoisotopic (exact) mass is 412 g/mol. The molecule has 0 N–H and O–H groups in total. The number of ether oxygens (including phenoxy) is 1. The summed E-state index contributed by atoms with van der Waals surface area (Å²) < 4.78 is 5.54. The molecule has 2 aliphatic rings. The van der Waals surface area contributed by atoms with Crippen molar-refractivity contribution >= 4 is 17.8 Å². The zero-order chi connectivity index (χ0) is 21.0. The molecule has 1 amide bonds. The van der Waals surface area contributed by atoms with Gasteiger partial charge in [-0.2, -0.15) is 0 Å². The van der Waals surface area contributed by atoms with Crippen LogP contribution in [0.4, 0.5) is 5.82 Å². The fourth-order valence-corrected chi connectivity index (χ4v) is 3.99. The second-order valence-electron chi connectivity index (χ2n) is 7.72. The second kappa shape index (κ2) is 8.60. The lowest BCUT2D eigenvalue weighted by atomic mass is 10.1. The predicted molar refractivity (Wildman–Crippen MR) is 121 cm³/mol. The molecule has 3 heterocycles. The molecule has 1 aromatic heterocycles. The summed E-state index contributed by atoms with van der Waals surface area (Å²) in [5, 5.41) is 0. The fourth-order valence-electron chi connectivity index (χ4n) is 3.99. The summed E-state index contributed by atoms with van der Waals surface area (Å²) in [6.45, 7) is 3.59. The van der Waals surface area contributed by atoms with Crippen molar-refractivity contribution in [2.75, 3.05) is 37.7 Å². The minimum absolute atomic E-state index is 0.0454. The van der Waals surface area contributed by atoms with Crippen molar-refractivity contribution < 1.29 is 9.53 Å². The van der Waals surface area contributed by atoms with Crippen LogP contribution in [0.3, 0.4) is 0 Å². The molecule has 31 heavy (non-hydrogen) atoms. The third kappa shape index (κ3) is 4.28. The molecule has 2 aliphatic heterocycles. The maximum Gasteiger partial charge on any atom is 0.246 e. The van der Waals surface area contributed by atoms with Crippen molar-refractivity contribution in [3.05, 3.63) is 78.0 Å². The molecule has 156 valence electrons. The summed E-state index contributed by atoms with van der Waals surface area (Å²) >= 11 is 0. The van der Waals surface area contributed by atoms with E-state index in [1.54, 1.807) is 12.3 Å². The van der Waals surface area contributed by atoms with Gasteiger partial charge in [0.1, 0.15) is 11.6 Å². The molecular weight excluding hydrogens is 388 g/mol. The number of aromatic nitrogens is 2. The van der Waals surface area contributed by atoms with E-state index in [0.29, 0.717) is 13.1 Å². The summed E-state index contributed by atoms with van der Waals surface area (Å²) in [7, 11) is 0. The third-order valence-electron chi connectivity index (χ3n) is 5.72. The highest BCUT2D eigenvalue weighted by Gasteiger charge is 2.21. The molecule has 1 saturated heterocycles. The number of rotatable bonds is 4. The summed E-state index contributed by atoms with van der Waals surface area (Å²) in [5.41, 5.74) is 3.25. The van der Waals surface area contributed by atoms with Gasteiger partial charge in [0.15, 0.2) is 5.82 Å². The van der Waals surface area contributed by atoms with Crippen LogP contribution in [0.2, 0.25) is 0 Å². The van der Waals surface area contributed by atoms with Crippen LogP contribution >= 0.6 is 0 Å². The molecule has 6 nitrogen and oxygen atoms in total. The van der Waals surface area contributed by atoms with Crippen LogP contribution in [0.5, 0.6) is 5.75 Å². The largest absolute Gasteiger partial charge is 0.493 e. The van der Waals surface area contributed by atoms with Crippen LogP contribution in [-0.2, 0) is 11.2 Å². The number of carbonyl (C=O) groups is 1. The average molecular weight is 412 g/mol. The Bertz CT molecular complexity index is 1110. The Hall–Kier alpha value is -3.67. The Morgan fingerprint density at radius 3 is 2.68 bits per heavy atom. The van der Waals surface area contributed by atoms with Crippen molar-refractivity contribution in [3.8, 4) is 17.1 Å². The van der Waals surface area contributed by atoms with Gasteiger partial charge in [0, 0.05) is 50.4 Å². The summed E-state index contributed by atoms with van der Waals surface area (Å²) in [5.74, 6) is 2.62. The van der Waals surface area contributed by atoms with Gasteiger partial charge in [0.25, 0.3) is 0 Å². The first-order chi connectivity index (χ1) is 15.3. The van der Waals surface area contributed by atoms with Crippen molar-refractivity contribution in [2.24, 2.45) is 0 Å². The summed E-state index contributed by atoms with van der Waals surface area (Å²) in [6.07, 6.45) is 6.30. The normalized spacial score (nSPS) is 15.7. The molecule has 3 aromatic rings. The minimum Gasteiger partial charge on any atom is -0.493 e. The zero-order valence-corrected chi connectivity index (χ0v) is 17.3. The highest BCUT2D eigenvalue weighted by molar-refractivity contribution is 5.92. The van der Waals surface area contributed by atoms with Gasteiger partial charge in [0.2, 0.25) is 5.91 Å². The van der Waals surface area contributed by atoms with Crippen LogP contribution in [-0.4, -0.2) is 53.6 Å². The highest BCUT2D eigenvalue weighted by atomic mass is 16.5. The highest BCUT2D eigenvalue weighted by Crippen LogP contribution is 2.26. The molecule has 2 aromatic carbocycles. The molecule has 6 heteroatoms. The van der Waals surface area contributed by atoms with Crippen molar-refractivity contribution in [1.29, 1.82) is 0 Å². The van der Waals surface area contributed by atoms with E-state index in [1.807, 2.05) is 59.5 Å². The number of benzene rings is 2. The maximum absolute atomic E-state index is 12.7. The van der Waals surface area contributed by atoms with Gasteiger partial charge < -0.3 is 14.5 Å². The molecule has 0 atom stereocenters. The first-order valence-electron chi connectivity index (χ1n) is 10.6. The van der Waals surface area contributed by atoms with Crippen molar-refractivity contribution in [2.45, 2.75) is 6.42 Å². The van der Waals surface area contributed by atoms with E-state index >= 15 is 0 Å². The SMILES string of the molecule is O=C(/C=C/c1ccc2c(c1)CCO2)N1CCN(c2ccnc(-c3ccccc3)n2)CC1. The zero-order valence-electron chi connectivity index (χ0n) is 17.3. The Kier molecular flexibility index (Phi) is 5.35. The maximum atomic E-state index is 12.7. The molecule has 0 spiro atoms. The molecule has 0 bridgehead atoms. The number of piperazine rings is 1. The lowest BCUT2D eigenvalue weighted by molar-refractivity contribution is -0.126. The standard InChI is InChI=1S/C25H24N4O2/c30-24(9-7-19-6-8-22-21(18-19)11-17-31-22)29-15-13-28(14-16-29)23-10-12-26-25(27-23)20-4-2-1-3-5-20/h1-10,12,18H,11,13-17H2/b9-7+. The lowest BCUT2D eigenvalue weighted by Gasteiger charge is -2.35. The van der Waals surface area contributed by atoms with Crippen molar-refractivity contribution in [3.63, 3.8) is 0 Å². The van der Waals surface area contributed by atoms with Crippen molar-refractivity contribution in [1.82, 2.24) is 14.9 Å². The van der Waals surface area contributed by atoms with E-state index < -0.39 is 0 Å². The van der Waals surface area contributed by atoms with Gasteiger partial charge in [0.05, 0.1) is 6.61 Å². The number of carbonyl (C=O) groups excluding carboxylic acids is 1. The number of fused-ring (bicyclic) bond motifs is 1. The molecular formula is C25H24N4O2. The Balaban J connectivity index is 1.20. The number of amides is 1. The predicted octanol–water partition coefficient (Wildman–Crippen LogP) is 3.44. The van der Waals surface area contributed by atoms with Crippen LogP contribution in [0.15, 0.2) is 66.9 Å². The van der Waals surface area contributed by atoms with E-state index in [9.17, 15) is 4.79 Å². The number of hydrogen-bond acceptors (Lipinski definition) is 5. The van der Waals surface area contributed by atoms with Gasteiger partial charge in [-0.25, -0.2) is 9.97 Å². The average Bonchev–Trinajstić information content (AvgIpc) is 3.31. The van der Waals surface area contributed by atoms with Gasteiger partial charge in [-0.3, -0.25) is 4.79 Å². The van der Waals surface area contributed by atoms with Gasteiger partial charge in [-0.15, -0.1) is 0 Å². The number of anilines is 1. The van der Waals surface area contributed by atoms with E-state index in [2.05, 4.69) is 16.0 Å². The molecule has 0 saturated carbocycles. The van der Waals surface area contributed by atoms with Gasteiger partial charge in [-0.05, 0) is 35.4 Å². The second-order valence-corrected chi connectivity index (χ2v) is 7.72. The van der Waals surface area contributed by atoms with Crippen LogP contribution in [0, 0.1) is 0 Å². The Labute approximate surface area is 181 Å². The summed E-state index contributed by atoms with van der Waals surface area (Å²) in [6, 6.07) is 18.0. The number of nitrogens with zero attached hydrogens (tertiary/aromatic N) is 4. The van der Waals surface area contributed by atoms with Gasteiger partial charge in [-0.1, -0.05) is 36.4 Å². The quantitative estimate of drug-likeness (QED) is 0.615. The van der Waals surface area contributed by atoms with Crippen LogP contribution < -0.4 is 9.64 Å². The summed E-state index contributed by atoms with van der Waals surface area (Å²) in [4.78, 5) is 25.9. The Morgan fingerprint density at radius 2 is 1.84 bits per heavy atom. The van der Waals surface area contributed by atoms with Crippen LogP contribution in [0.1, 0.15) is 11.1 Å². The first-order valence-corrected chi connectivity index (χ1v) is 10.6. The molecule has 1 fully saturated rings. The van der Waals surface area contributed by atoms with E-state index in [4.69, 9.17) is 9.72 Å². The first kappa shape index (κ1) is 19.3. The number of hydrogen-bond donors (Lipinski definition) is 0. The smallest absolute Gasteiger partial charge is 0.246 e. The Morgan fingerprint density at radius 1 is 1.00 bits per heavy atom. The fraction of sp³-hybridized carbons (Fsp3) is 0.240. The lowest BCUT2D eigenvalue weighted by Crippen LogP contribution is -2.48. The van der Waals surface area contributed by atoms with E-state index in [0.717, 1.165) is 54.6 Å². The third-order valence-corrected chi connectivity index (χ3v) is 5.72. The van der Waals surface area contributed by atoms with E-state index in [-0.39, 0.29) is 5.91 Å². The molecule has 0 radical (unpaired) electrons. The van der Waals surface area contributed by atoms with Gasteiger partial charge >= 0.3 is 0 Å². The molecule has 5 rings (SSSR count). The van der Waals surface area contributed by atoms with Crippen LogP contribution in [0.25, 0.3) is 17.5 Å².